The maximum atomic E-state index is 11.0. The number of nitrogens with zero attached hydrogens (tertiary/aromatic N) is 2. The molecule has 0 unspecified atom stereocenters. The molecule has 1 aromatic heterocycles. The number of aromatic nitrogens is 1. The van der Waals surface area contributed by atoms with Crippen molar-refractivity contribution in [1.82, 2.24) is 4.98 Å². The number of carboxylic acid groups (broad SMARTS) is 1. The molecule has 1 heterocycles. The van der Waals surface area contributed by atoms with Crippen LogP contribution in [0.15, 0.2) is 12.1 Å². The number of hydrogen-bond donors (Lipinski definition) is 2. The van der Waals surface area contributed by atoms with Crippen LogP contribution in [0.2, 0.25) is 0 Å². The normalized spacial score (nSPS) is 18.8. The van der Waals surface area contributed by atoms with E-state index in [9.17, 15) is 4.79 Å². The van der Waals surface area contributed by atoms with Gasteiger partial charge in [-0.25, -0.2) is 9.78 Å². The molecule has 1 aliphatic rings. The largest absolute Gasteiger partial charge is 0.477 e. The number of anilines is 2. The minimum absolute atomic E-state index is 0.0391. The zero-order chi connectivity index (χ0) is 14.9. The molecule has 1 saturated carbocycles. The molecule has 0 amide bonds. The standard InChI is InChI=1S/C15H23N3O2/c1-15(2)8-6-10(7-9-15)18(3)13-11(16)4-5-12(17-13)14(19)20/h4-5,10H,6-9,16H2,1-3H3,(H,19,20). The first kappa shape index (κ1) is 14.6. The van der Waals surface area contributed by atoms with Gasteiger partial charge in [-0.1, -0.05) is 13.8 Å². The summed E-state index contributed by atoms with van der Waals surface area (Å²) in [6.07, 6.45) is 4.50. The molecule has 0 radical (unpaired) electrons. The van der Waals surface area contributed by atoms with E-state index in [0.29, 0.717) is 23.0 Å². The Morgan fingerprint density at radius 3 is 2.55 bits per heavy atom. The summed E-state index contributed by atoms with van der Waals surface area (Å²) in [6, 6.07) is 3.44. The summed E-state index contributed by atoms with van der Waals surface area (Å²) in [7, 11) is 1.95. The topological polar surface area (TPSA) is 79.5 Å². The summed E-state index contributed by atoms with van der Waals surface area (Å²) in [6.45, 7) is 4.59. The van der Waals surface area contributed by atoms with Crippen molar-refractivity contribution < 1.29 is 9.90 Å². The van der Waals surface area contributed by atoms with Gasteiger partial charge in [0.25, 0.3) is 0 Å². The zero-order valence-electron chi connectivity index (χ0n) is 12.4. The number of aromatic carboxylic acids is 1. The van der Waals surface area contributed by atoms with Gasteiger partial charge in [-0.05, 0) is 43.2 Å². The van der Waals surface area contributed by atoms with Crippen LogP contribution in [0.5, 0.6) is 0 Å². The maximum absolute atomic E-state index is 11.0. The van der Waals surface area contributed by atoms with Crippen LogP contribution in [0.1, 0.15) is 50.0 Å². The van der Waals surface area contributed by atoms with Crippen LogP contribution in [-0.2, 0) is 0 Å². The average molecular weight is 277 g/mol. The summed E-state index contributed by atoms with van der Waals surface area (Å²) in [4.78, 5) is 17.2. The lowest BCUT2D eigenvalue weighted by molar-refractivity contribution is 0.0690. The fourth-order valence-corrected chi connectivity index (χ4v) is 2.81. The van der Waals surface area contributed by atoms with Crippen LogP contribution in [-0.4, -0.2) is 29.1 Å². The molecule has 3 N–H and O–H groups in total. The Morgan fingerprint density at radius 2 is 2.00 bits per heavy atom. The minimum atomic E-state index is -1.02. The van der Waals surface area contributed by atoms with Gasteiger partial charge in [-0.3, -0.25) is 0 Å². The number of pyridine rings is 1. The molecule has 1 aliphatic carbocycles. The molecule has 1 fully saturated rings. The Labute approximate surface area is 119 Å². The second kappa shape index (κ2) is 5.31. The molecule has 110 valence electrons. The molecule has 1 aromatic rings. The third-order valence-electron chi connectivity index (χ3n) is 4.31. The fraction of sp³-hybridized carbons (Fsp3) is 0.600. The SMILES string of the molecule is CN(c1nc(C(=O)O)ccc1N)C1CCC(C)(C)CC1. The fourth-order valence-electron chi connectivity index (χ4n) is 2.81. The van der Waals surface area contributed by atoms with Crippen LogP contribution in [0.25, 0.3) is 0 Å². The third-order valence-corrected chi connectivity index (χ3v) is 4.31. The van der Waals surface area contributed by atoms with Crippen LogP contribution >= 0.6 is 0 Å². The molecule has 0 aromatic carbocycles. The number of carboxylic acids is 1. The molecule has 0 saturated heterocycles. The van der Waals surface area contributed by atoms with Crippen molar-refractivity contribution in [3.8, 4) is 0 Å². The summed E-state index contributed by atoms with van der Waals surface area (Å²) < 4.78 is 0. The van der Waals surface area contributed by atoms with Crippen molar-refractivity contribution in [2.45, 2.75) is 45.6 Å². The van der Waals surface area contributed by atoms with Crippen LogP contribution in [0.3, 0.4) is 0 Å². The van der Waals surface area contributed by atoms with Crippen molar-refractivity contribution in [3.05, 3.63) is 17.8 Å². The first-order valence-electron chi connectivity index (χ1n) is 7.03. The monoisotopic (exact) mass is 277 g/mol. The number of nitrogens with two attached hydrogens (primary N) is 1. The second-order valence-corrected chi connectivity index (χ2v) is 6.42. The first-order chi connectivity index (χ1) is 9.30. The third kappa shape index (κ3) is 3.03. The van der Waals surface area contributed by atoms with E-state index in [4.69, 9.17) is 10.8 Å². The Morgan fingerprint density at radius 1 is 1.40 bits per heavy atom. The highest BCUT2D eigenvalue weighted by Gasteiger charge is 2.30. The zero-order valence-corrected chi connectivity index (χ0v) is 12.4. The van der Waals surface area contributed by atoms with Gasteiger partial charge in [-0.2, -0.15) is 0 Å². The van der Waals surface area contributed by atoms with Crippen molar-refractivity contribution in [2.24, 2.45) is 5.41 Å². The smallest absolute Gasteiger partial charge is 0.354 e. The van der Waals surface area contributed by atoms with Gasteiger partial charge < -0.3 is 15.7 Å². The van der Waals surface area contributed by atoms with Crippen molar-refractivity contribution >= 4 is 17.5 Å². The number of carbonyl (C=O) groups is 1. The van der Waals surface area contributed by atoms with Crippen molar-refractivity contribution in [3.63, 3.8) is 0 Å². The lowest BCUT2D eigenvalue weighted by Crippen LogP contribution is -2.38. The lowest BCUT2D eigenvalue weighted by Gasteiger charge is -2.39. The number of rotatable bonds is 3. The van der Waals surface area contributed by atoms with Gasteiger partial charge in [0.2, 0.25) is 0 Å². The molecule has 0 atom stereocenters. The van der Waals surface area contributed by atoms with Gasteiger partial charge in [0.05, 0.1) is 5.69 Å². The molecule has 20 heavy (non-hydrogen) atoms. The highest BCUT2D eigenvalue weighted by atomic mass is 16.4. The number of hydrogen-bond acceptors (Lipinski definition) is 4. The quantitative estimate of drug-likeness (QED) is 0.888. The minimum Gasteiger partial charge on any atom is -0.477 e. The molecule has 5 heteroatoms. The molecular formula is C15H23N3O2. The maximum Gasteiger partial charge on any atom is 0.354 e. The van der Waals surface area contributed by atoms with E-state index in [-0.39, 0.29) is 5.69 Å². The highest BCUT2D eigenvalue weighted by Crippen LogP contribution is 2.38. The molecule has 0 bridgehead atoms. The highest BCUT2D eigenvalue weighted by molar-refractivity contribution is 5.87. The summed E-state index contributed by atoms with van der Waals surface area (Å²) in [5.41, 5.74) is 6.92. The number of nitrogen functional groups attached to an aromatic ring is 1. The van der Waals surface area contributed by atoms with Crippen molar-refractivity contribution in [1.29, 1.82) is 0 Å². The van der Waals surface area contributed by atoms with Gasteiger partial charge in [-0.15, -0.1) is 0 Å². The van der Waals surface area contributed by atoms with E-state index in [0.717, 1.165) is 12.8 Å². The van der Waals surface area contributed by atoms with Crippen LogP contribution < -0.4 is 10.6 Å². The van der Waals surface area contributed by atoms with E-state index in [1.54, 1.807) is 6.07 Å². The van der Waals surface area contributed by atoms with Crippen LogP contribution in [0.4, 0.5) is 11.5 Å². The van der Waals surface area contributed by atoms with E-state index >= 15 is 0 Å². The van der Waals surface area contributed by atoms with E-state index < -0.39 is 5.97 Å². The predicted molar refractivity (Wildman–Crippen MR) is 80.0 cm³/mol. The molecule has 5 nitrogen and oxygen atoms in total. The van der Waals surface area contributed by atoms with Gasteiger partial charge in [0, 0.05) is 13.1 Å². The summed E-state index contributed by atoms with van der Waals surface area (Å²) in [5.74, 6) is -0.445. The van der Waals surface area contributed by atoms with E-state index in [2.05, 4.69) is 18.8 Å². The van der Waals surface area contributed by atoms with Crippen molar-refractivity contribution in [2.75, 3.05) is 17.7 Å². The van der Waals surface area contributed by atoms with Gasteiger partial charge in [0.15, 0.2) is 11.5 Å². The molecule has 0 aliphatic heterocycles. The summed E-state index contributed by atoms with van der Waals surface area (Å²) >= 11 is 0. The lowest BCUT2D eigenvalue weighted by atomic mass is 9.75. The Hall–Kier alpha value is -1.78. The predicted octanol–water partition coefficient (Wildman–Crippen LogP) is 2.77. The Balaban J connectivity index is 2.19. The average Bonchev–Trinajstić information content (AvgIpc) is 2.38. The van der Waals surface area contributed by atoms with Gasteiger partial charge >= 0.3 is 5.97 Å². The first-order valence-corrected chi connectivity index (χ1v) is 7.03. The molecular weight excluding hydrogens is 254 g/mol. The molecule has 0 spiro atoms. The Kier molecular flexibility index (Phi) is 3.88. The van der Waals surface area contributed by atoms with Crippen LogP contribution in [0, 0.1) is 5.41 Å². The van der Waals surface area contributed by atoms with E-state index in [1.807, 2.05) is 11.9 Å². The summed E-state index contributed by atoms with van der Waals surface area (Å²) in [5, 5.41) is 9.04. The second-order valence-electron chi connectivity index (χ2n) is 6.42. The van der Waals surface area contributed by atoms with Gasteiger partial charge in [0.1, 0.15) is 0 Å². The van der Waals surface area contributed by atoms with E-state index in [1.165, 1.54) is 18.9 Å². The Bertz CT molecular complexity index is 504. The molecule has 2 rings (SSSR count).